The van der Waals surface area contributed by atoms with Gasteiger partial charge in [0.05, 0.1) is 12.1 Å². The van der Waals surface area contributed by atoms with E-state index >= 15 is 0 Å². The van der Waals surface area contributed by atoms with Gasteiger partial charge in [0, 0.05) is 14.9 Å². The van der Waals surface area contributed by atoms with Crippen molar-refractivity contribution in [3.05, 3.63) is 87.9 Å². The fourth-order valence-corrected chi connectivity index (χ4v) is 3.50. The van der Waals surface area contributed by atoms with E-state index in [9.17, 15) is 9.90 Å². The van der Waals surface area contributed by atoms with Gasteiger partial charge in [-0.05, 0) is 48.0 Å². The Labute approximate surface area is 191 Å². The number of hydrogen-bond acceptors (Lipinski definition) is 4. The Kier molecular flexibility index (Phi) is 6.34. The molecule has 156 valence electrons. The van der Waals surface area contributed by atoms with E-state index < -0.39 is 5.91 Å². The van der Waals surface area contributed by atoms with Crippen LogP contribution in [0.1, 0.15) is 5.56 Å². The van der Waals surface area contributed by atoms with Crippen LogP contribution < -0.4 is 4.74 Å². The normalized spacial score (nSPS) is 11.3. The number of aromatic hydroxyl groups is 1. The molecular weight excluding hydrogens is 482 g/mol. The van der Waals surface area contributed by atoms with Gasteiger partial charge in [-0.3, -0.25) is 4.79 Å². The van der Waals surface area contributed by atoms with Gasteiger partial charge in [-0.2, -0.15) is 0 Å². The van der Waals surface area contributed by atoms with Gasteiger partial charge in [-0.1, -0.05) is 57.9 Å². The number of carbonyl (C=O) groups excluding carboxylic acids is 1. The number of benzene rings is 3. The highest BCUT2D eigenvalue weighted by atomic mass is 79.9. The molecule has 0 fully saturated rings. The van der Waals surface area contributed by atoms with Gasteiger partial charge in [0.1, 0.15) is 5.75 Å². The smallest absolute Gasteiger partial charge is 0.302 e. The third-order valence-electron chi connectivity index (χ3n) is 4.61. The first-order chi connectivity index (χ1) is 15.0. The SMILES string of the molecule is O=C(COc1ccc(Br)cc1)N=Nc1c(O)n(Cc2ccc(Cl)cc2)c2ccccc12. The van der Waals surface area contributed by atoms with Crippen molar-refractivity contribution in [2.75, 3.05) is 6.61 Å². The number of nitrogens with zero attached hydrogens (tertiary/aromatic N) is 3. The maximum atomic E-state index is 12.1. The molecule has 1 amide bonds. The summed E-state index contributed by atoms with van der Waals surface area (Å²) in [6.07, 6.45) is 0. The molecule has 8 heteroatoms. The van der Waals surface area contributed by atoms with Crippen molar-refractivity contribution in [1.82, 2.24) is 4.57 Å². The second-order valence-corrected chi connectivity index (χ2v) is 8.09. The van der Waals surface area contributed by atoms with Gasteiger partial charge in [0.25, 0.3) is 0 Å². The van der Waals surface area contributed by atoms with E-state index in [4.69, 9.17) is 16.3 Å². The molecule has 0 aliphatic carbocycles. The Balaban J connectivity index is 1.55. The van der Waals surface area contributed by atoms with E-state index in [2.05, 4.69) is 26.2 Å². The molecule has 0 saturated heterocycles. The van der Waals surface area contributed by atoms with Crippen LogP contribution in [0.2, 0.25) is 5.02 Å². The van der Waals surface area contributed by atoms with E-state index in [1.807, 2.05) is 48.5 Å². The van der Waals surface area contributed by atoms with E-state index in [1.54, 1.807) is 28.8 Å². The molecule has 0 bridgehead atoms. The van der Waals surface area contributed by atoms with Gasteiger partial charge in [0.2, 0.25) is 5.88 Å². The summed E-state index contributed by atoms with van der Waals surface area (Å²) in [5.74, 6) is -0.0763. The quantitative estimate of drug-likeness (QED) is 0.308. The van der Waals surface area contributed by atoms with Gasteiger partial charge >= 0.3 is 5.91 Å². The maximum absolute atomic E-state index is 12.1. The third-order valence-corrected chi connectivity index (χ3v) is 5.39. The van der Waals surface area contributed by atoms with E-state index in [1.165, 1.54) is 0 Å². The molecule has 0 saturated carbocycles. The Morgan fingerprint density at radius 3 is 2.48 bits per heavy atom. The molecule has 4 rings (SSSR count). The molecule has 0 unspecified atom stereocenters. The van der Waals surface area contributed by atoms with Gasteiger partial charge in [0.15, 0.2) is 12.3 Å². The lowest BCUT2D eigenvalue weighted by molar-refractivity contribution is -0.120. The van der Waals surface area contributed by atoms with Gasteiger partial charge in [-0.25, -0.2) is 0 Å². The number of fused-ring (bicyclic) bond motifs is 1. The Morgan fingerprint density at radius 2 is 1.74 bits per heavy atom. The summed E-state index contributed by atoms with van der Waals surface area (Å²) in [6, 6.07) is 21.9. The fourth-order valence-electron chi connectivity index (χ4n) is 3.11. The van der Waals surface area contributed by atoms with Crippen LogP contribution in [0.3, 0.4) is 0 Å². The van der Waals surface area contributed by atoms with Crippen LogP contribution in [-0.2, 0) is 11.3 Å². The molecule has 0 atom stereocenters. The second kappa shape index (κ2) is 9.32. The summed E-state index contributed by atoms with van der Waals surface area (Å²) in [4.78, 5) is 12.1. The van der Waals surface area contributed by atoms with E-state index in [-0.39, 0.29) is 18.2 Å². The van der Waals surface area contributed by atoms with Crippen LogP contribution in [-0.4, -0.2) is 22.2 Å². The minimum Gasteiger partial charge on any atom is -0.493 e. The Bertz CT molecular complexity index is 1250. The first kappa shape index (κ1) is 21.1. The maximum Gasteiger partial charge on any atom is 0.302 e. The molecular formula is C23H17BrClN3O3. The number of carbonyl (C=O) groups is 1. The molecule has 3 aromatic carbocycles. The minimum absolute atomic E-state index is 0.0680. The second-order valence-electron chi connectivity index (χ2n) is 6.74. The number of ether oxygens (including phenoxy) is 1. The van der Waals surface area contributed by atoms with Crippen molar-refractivity contribution < 1.29 is 14.6 Å². The highest BCUT2D eigenvalue weighted by molar-refractivity contribution is 9.10. The van der Waals surface area contributed by atoms with E-state index in [0.29, 0.717) is 22.7 Å². The van der Waals surface area contributed by atoms with Crippen molar-refractivity contribution in [2.45, 2.75) is 6.54 Å². The number of amides is 1. The van der Waals surface area contributed by atoms with Crippen LogP contribution >= 0.6 is 27.5 Å². The highest BCUT2D eigenvalue weighted by Crippen LogP contribution is 2.39. The first-order valence-corrected chi connectivity index (χ1v) is 10.6. The predicted octanol–water partition coefficient (Wildman–Crippen LogP) is 6.50. The predicted molar refractivity (Wildman–Crippen MR) is 123 cm³/mol. The number of para-hydroxylation sites is 1. The highest BCUT2D eigenvalue weighted by Gasteiger charge is 2.17. The lowest BCUT2D eigenvalue weighted by atomic mass is 10.2. The third kappa shape index (κ3) is 4.95. The molecule has 0 spiro atoms. The van der Waals surface area contributed by atoms with Crippen LogP contribution in [0, 0.1) is 0 Å². The zero-order valence-corrected chi connectivity index (χ0v) is 18.5. The lowest BCUT2D eigenvalue weighted by Crippen LogP contribution is -2.07. The van der Waals surface area contributed by atoms with Crippen molar-refractivity contribution in [3.63, 3.8) is 0 Å². The summed E-state index contributed by atoms with van der Waals surface area (Å²) in [6.45, 7) is 0.162. The number of rotatable bonds is 6. The monoisotopic (exact) mass is 497 g/mol. The number of aromatic nitrogens is 1. The zero-order chi connectivity index (χ0) is 21.8. The first-order valence-electron chi connectivity index (χ1n) is 9.39. The van der Waals surface area contributed by atoms with Gasteiger partial charge < -0.3 is 14.4 Å². The topological polar surface area (TPSA) is 76.2 Å². The number of hydrogen-bond donors (Lipinski definition) is 1. The summed E-state index contributed by atoms with van der Waals surface area (Å²) in [5.41, 5.74) is 1.98. The van der Waals surface area contributed by atoms with Crippen LogP contribution in [0.4, 0.5) is 5.69 Å². The van der Waals surface area contributed by atoms with Crippen LogP contribution in [0.15, 0.2) is 87.5 Å². The molecule has 1 N–H and O–H groups in total. The number of halogens is 2. The zero-order valence-electron chi connectivity index (χ0n) is 16.2. The van der Waals surface area contributed by atoms with Gasteiger partial charge in [-0.15, -0.1) is 10.2 Å². The van der Waals surface area contributed by atoms with Crippen LogP contribution in [0.25, 0.3) is 10.9 Å². The van der Waals surface area contributed by atoms with Crippen LogP contribution in [0.5, 0.6) is 11.6 Å². The number of azo groups is 1. The van der Waals surface area contributed by atoms with E-state index in [0.717, 1.165) is 15.6 Å². The molecule has 0 radical (unpaired) electrons. The van der Waals surface area contributed by atoms with Crippen molar-refractivity contribution in [3.8, 4) is 11.6 Å². The Hall–Kier alpha value is -3.16. The van der Waals surface area contributed by atoms with Crippen molar-refractivity contribution in [1.29, 1.82) is 0 Å². The summed E-state index contributed by atoms with van der Waals surface area (Å²) < 4.78 is 8.05. The standard InChI is InChI=1S/C23H17BrClN3O3/c24-16-7-11-18(12-8-16)31-14-21(29)26-27-22-19-3-1-2-4-20(19)28(23(22)30)13-15-5-9-17(25)10-6-15/h1-12,30H,13-14H2. The molecule has 6 nitrogen and oxygen atoms in total. The lowest BCUT2D eigenvalue weighted by Gasteiger charge is -2.07. The Morgan fingerprint density at radius 1 is 1.03 bits per heavy atom. The molecule has 1 aromatic heterocycles. The average Bonchev–Trinajstić information content (AvgIpc) is 3.04. The molecule has 1 heterocycles. The van der Waals surface area contributed by atoms with Crippen molar-refractivity contribution >= 4 is 50.0 Å². The molecule has 31 heavy (non-hydrogen) atoms. The average molecular weight is 499 g/mol. The summed E-state index contributed by atoms with van der Waals surface area (Å²) in [7, 11) is 0. The summed E-state index contributed by atoms with van der Waals surface area (Å²) >= 11 is 9.30. The van der Waals surface area contributed by atoms with Crippen molar-refractivity contribution in [2.24, 2.45) is 10.2 Å². The fraction of sp³-hybridized carbons (Fsp3) is 0.0870. The minimum atomic E-state index is -0.558. The summed E-state index contributed by atoms with van der Waals surface area (Å²) in [5, 5.41) is 19.9. The molecule has 0 aliphatic rings. The largest absolute Gasteiger partial charge is 0.493 e. The molecule has 4 aromatic rings. The molecule has 0 aliphatic heterocycles.